The van der Waals surface area contributed by atoms with Gasteiger partial charge in [0.1, 0.15) is 5.75 Å². The largest absolute Gasteiger partial charge is 0.493 e. The van der Waals surface area contributed by atoms with E-state index in [4.69, 9.17) is 15.5 Å². The van der Waals surface area contributed by atoms with Crippen LogP contribution in [0, 0.1) is 0 Å². The Morgan fingerprint density at radius 1 is 1.29 bits per heavy atom. The summed E-state index contributed by atoms with van der Waals surface area (Å²) in [6.45, 7) is 8.49. The summed E-state index contributed by atoms with van der Waals surface area (Å²) in [5.74, 6) is 0.804. The van der Waals surface area contributed by atoms with E-state index in [0.29, 0.717) is 31.4 Å². The Balaban J connectivity index is 1.60. The Morgan fingerprint density at radius 3 is 2.77 bits per heavy atom. The van der Waals surface area contributed by atoms with Crippen molar-refractivity contribution in [3.8, 4) is 5.75 Å². The van der Waals surface area contributed by atoms with Gasteiger partial charge in [0, 0.05) is 17.5 Å². The number of amides is 2. The maximum atomic E-state index is 13.3. The normalized spacial score (nSPS) is 19.7. The first kappa shape index (κ1) is 24.5. The number of guanidine groups is 1. The van der Waals surface area contributed by atoms with E-state index in [1.54, 1.807) is 17.0 Å². The van der Waals surface area contributed by atoms with Crippen molar-refractivity contribution >= 4 is 17.8 Å². The average molecular weight is 475 g/mol. The number of para-hydroxylation sites is 1. The van der Waals surface area contributed by atoms with Crippen LogP contribution in [0.1, 0.15) is 79.5 Å². The standard InChI is InChI=1S/C28H34N4O3/c1-4-10-23(32-25(33)18-28(5-2,6-3)31-27(32)29)19-11-9-12-20(17-19)26(34)30-22-15-16-35-24-14-8-7-13-21(22)24/h4,7-9,11-14,17,22-23H,1,5-6,10,15-16,18H2,2-3H3,(H2,29,31)(H,30,34)/t22-,23+/m0/s1. The van der Waals surface area contributed by atoms with Crippen LogP contribution >= 0.6 is 0 Å². The zero-order valence-electron chi connectivity index (χ0n) is 20.5. The van der Waals surface area contributed by atoms with Gasteiger partial charge in [0.15, 0.2) is 5.96 Å². The maximum absolute atomic E-state index is 13.3. The lowest BCUT2D eigenvalue weighted by Crippen LogP contribution is -2.52. The molecule has 2 atom stereocenters. The molecule has 3 N–H and O–H groups in total. The van der Waals surface area contributed by atoms with Gasteiger partial charge in [-0.15, -0.1) is 6.58 Å². The van der Waals surface area contributed by atoms with Crippen molar-refractivity contribution in [1.82, 2.24) is 10.2 Å². The highest BCUT2D eigenvalue weighted by Gasteiger charge is 2.40. The summed E-state index contributed by atoms with van der Waals surface area (Å²) in [7, 11) is 0. The van der Waals surface area contributed by atoms with E-state index >= 15 is 0 Å². The van der Waals surface area contributed by atoms with Crippen LogP contribution in [0.25, 0.3) is 0 Å². The Kier molecular flexibility index (Phi) is 7.24. The van der Waals surface area contributed by atoms with Crippen molar-refractivity contribution in [3.63, 3.8) is 0 Å². The molecule has 0 saturated heterocycles. The van der Waals surface area contributed by atoms with Crippen molar-refractivity contribution < 1.29 is 14.3 Å². The predicted octanol–water partition coefficient (Wildman–Crippen LogP) is 4.66. The number of benzene rings is 2. The minimum Gasteiger partial charge on any atom is -0.493 e. The van der Waals surface area contributed by atoms with Gasteiger partial charge in [-0.1, -0.05) is 50.3 Å². The van der Waals surface area contributed by atoms with Crippen molar-refractivity contribution in [2.24, 2.45) is 10.7 Å². The molecule has 2 aromatic carbocycles. The van der Waals surface area contributed by atoms with Gasteiger partial charge in [0.05, 0.1) is 30.7 Å². The van der Waals surface area contributed by atoms with Crippen LogP contribution in [0.2, 0.25) is 0 Å². The Hall–Kier alpha value is -3.61. The molecule has 0 spiro atoms. The zero-order chi connectivity index (χ0) is 25.0. The van der Waals surface area contributed by atoms with Gasteiger partial charge in [-0.05, 0) is 43.0 Å². The molecule has 2 aromatic rings. The molecule has 7 nitrogen and oxygen atoms in total. The fourth-order valence-electron chi connectivity index (χ4n) is 4.99. The molecule has 2 amide bonds. The molecular formula is C28H34N4O3. The van der Waals surface area contributed by atoms with E-state index in [0.717, 1.165) is 29.7 Å². The van der Waals surface area contributed by atoms with E-state index in [1.807, 2.05) is 56.3 Å². The molecule has 0 bridgehead atoms. The molecular weight excluding hydrogens is 440 g/mol. The monoisotopic (exact) mass is 474 g/mol. The van der Waals surface area contributed by atoms with Gasteiger partial charge in [-0.3, -0.25) is 14.5 Å². The van der Waals surface area contributed by atoms with Gasteiger partial charge >= 0.3 is 0 Å². The molecule has 0 radical (unpaired) electrons. The maximum Gasteiger partial charge on any atom is 0.251 e. The number of ether oxygens (including phenoxy) is 1. The van der Waals surface area contributed by atoms with Crippen molar-refractivity contribution in [3.05, 3.63) is 77.9 Å². The van der Waals surface area contributed by atoms with Gasteiger partial charge < -0.3 is 15.8 Å². The molecule has 2 heterocycles. The average Bonchev–Trinajstić information content (AvgIpc) is 2.88. The van der Waals surface area contributed by atoms with E-state index in [1.165, 1.54) is 0 Å². The quantitative estimate of drug-likeness (QED) is 0.544. The number of carbonyl (C=O) groups is 2. The lowest BCUT2D eigenvalue weighted by molar-refractivity contribution is -0.131. The Morgan fingerprint density at radius 2 is 2.06 bits per heavy atom. The van der Waals surface area contributed by atoms with E-state index in [9.17, 15) is 9.59 Å². The molecule has 184 valence electrons. The van der Waals surface area contributed by atoms with E-state index < -0.39 is 5.54 Å². The molecule has 4 rings (SSSR count). The Labute approximate surface area is 207 Å². The Bertz CT molecular complexity index is 1140. The molecule has 0 fully saturated rings. The van der Waals surface area contributed by atoms with E-state index in [2.05, 4.69) is 11.9 Å². The lowest BCUT2D eigenvalue weighted by atomic mass is 9.87. The summed E-state index contributed by atoms with van der Waals surface area (Å²) in [6, 6.07) is 14.6. The molecule has 0 unspecified atom stereocenters. The molecule has 0 aliphatic carbocycles. The van der Waals surface area contributed by atoms with Crippen molar-refractivity contribution in [1.29, 1.82) is 0 Å². The number of aliphatic imine (C=N–C) groups is 1. The number of nitrogens with two attached hydrogens (primary N) is 1. The van der Waals surface area contributed by atoms with Gasteiger partial charge in [-0.2, -0.15) is 0 Å². The second kappa shape index (κ2) is 10.3. The summed E-state index contributed by atoms with van der Waals surface area (Å²) in [5.41, 5.74) is 8.23. The number of hydrogen-bond acceptors (Lipinski definition) is 5. The third-order valence-electron chi connectivity index (χ3n) is 7.16. The second-order valence-corrected chi connectivity index (χ2v) is 9.21. The van der Waals surface area contributed by atoms with Gasteiger partial charge in [0.2, 0.25) is 5.91 Å². The van der Waals surface area contributed by atoms with Gasteiger partial charge in [-0.25, -0.2) is 4.99 Å². The smallest absolute Gasteiger partial charge is 0.251 e. The third kappa shape index (κ3) is 4.94. The fraction of sp³-hybridized carbons (Fsp3) is 0.393. The summed E-state index contributed by atoms with van der Waals surface area (Å²) in [6.07, 6.45) is 4.77. The molecule has 7 heteroatoms. The molecule has 35 heavy (non-hydrogen) atoms. The highest BCUT2D eigenvalue weighted by Crippen LogP contribution is 2.35. The third-order valence-corrected chi connectivity index (χ3v) is 7.16. The van der Waals surface area contributed by atoms with Crippen LogP contribution in [-0.4, -0.2) is 34.8 Å². The number of fused-ring (bicyclic) bond motifs is 1. The highest BCUT2D eigenvalue weighted by atomic mass is 16.5. The van der Waals surface area contributed by atoms with Crippen LogP contribution in [-0.2, 0) is 4.79 Å². The number of nitrogens with zero attached hydrogens (tertiary/aromatic N) is 2. The van der Waals surface area contributed by atoms with Crippen molar-refractivity contribution in [2.75, 3.05) is 6.61 Å². The molecule has 0 aromatic heterocycles. The highest BCUT2D eigenvalue weighted by molar-refractivity contribution is 6.00. The predicted molar refractivity (Wildman–Crippen MR) is 137 cm³/mol. The minimum absolute atomic E-state index is 0.0540. The number of hydrogen-bond donors (Lipinski definition) is 2. The van der Waals surface area contributed by atoms with Crippen molar-refractivity contribution in [2.45, 2.75) is 63.6 Å². The minimum atomic E-state index is -0.446. The van der Waals surface area contributed by atoms with Gasteiger partial charge in [0.25, 0.3) is 5.91 Å². The van der Waals surface area contributed by atoms with Crippen LogP contribution in [0.4, 0.5) is 0 Å². The topological polar surface area (TPSA) is 97.0 Å². The summed E-state index contributed by atoms with van der Waals surface area (Å²) in [5, 5.41) is 3.14. The first-order valence-electron chi connectivity index (χ1n) is 12.3. The summed E-state index contributed by atoms with van der Waals surface area (Å²) >= 11 is 0. The SMILES string of the molecule is C=CC[C@H](c1cccc(C(=O)N[C@H]2CCOc3ccccc32)c1)N1C(=O)CC(CC)(CC)N=C1N. The van der Waals surface area contributed by atoms with Crippen LogP contribution in [0.5, 0.6) is 5.75 Å². The van der Waals surface area contributed by atoms with Crippen LogP contribution < -0.4 is 15.8 Å². The van der Waals surface area contributed by atoms with E-state index in [-0.39, 0.29) is 29.9 Å². The summed E-state index contributed by atoms with van der Waals surface area (Å²) in [4.78, 5) is 32.8. The fourth-order valence-corrected chi connectivity index (χ4v) is 4.99. The molecule has 2 aliphatic heterocycles. The molecule has 2 aliphatic rings. The lowest BCUT2D eigenvalue weighted by Gasteiger charge is -2.40. The van der Waals surface area contributed by atoms with Crippen LogP contribution in [0.15, 0.2) is 66.2 Å². The number of rotatable bonds is 8. The number of carbonyl (C=O) groups excluding carboxylic acids is 2. The first-order valence-corrected chi connectivity index (χ1v) is 12.3. The number of nitrogens with one attached hydrogen (secondary N) is 1. The molecule has 0 saturated carbocycles. The van der Waals surface area contributed by atoms with Crippen LogP contribution in [0.3, 0.4) is 0 Å². The first-order chi connectivity index (χ1) is 16.9. The zero-order valence-corrected chi connectivity index (χ0v) is 20.5. The second-order valence-electron chi connectivity index (χ2n) is 9.21. The summed E-state index contributed by atoms with van der Waals surface area (Å²) < 4.78 is 5.72.